The molecule has 0 spiro atoms. The number of alkyl halides is 3. The molecule has 0 saturated carbocycles. The number of fused-ring (bicyclic) bond motifs is 3. The number of nitrogens with one attached hydrogen (secondary N) is 1. The van der Waals surface area contributed by atoms with Crippen molar-refractivity contribution in [3.8, 4) is 5.69 Å². The number of hydrogen-bond acceptors (Lipinski definition) is 2. The van der Waals surface area contributed by atoms with Crippen molar-refractivity contribution >= 4 is 16.8 Å². The highest BCUT2D eigenvalue weighted by atomic mass is 19.4. The molecule has 0 aliphatic carbocycles. The van der Waals surface area contributed by atoms with Gasteiger partial charge in [-0.05, 0) is 31.2 Å². The van der Waals surface area contributed by atoms with E-state index in [1.807, 2.05) is 24.3 Å². The Morgan fingerprint density at radius 1 is 1.13 bits per heavy atom. The van der Waals surface area contributed by atoms with E-state index in [-0.39, 0.29) is 11.6 Å². The number of benzene rings is 2. The average Bonchev–Trinajstić information content (AvgIpc) is 3.32. The number of carbonyl (C=O) groups excluding carboxylic acids is 1. The Kier molecular flexibility index (Phi) is 4.39. The monoisotopic (exact) mass is 424 g/mol. The maximum absolute atomic E-state index is 13.2. The lowest BCUT2D eigenvalue weighted by Crippen LogP contribution is -2.36. The van der Waals surface area contributed by atoms with Crippen LogP contribution in [0.3, 0.4) is 0 Å². The standard InChI is InChI=1S/C23H19F3N4O/c1-14-18(12-27-30(14)16-6-4-5-15(11-16)23(24,25)26)22(31)29-10-9-21-19(13-29)17-7-2-3-8-20(17)28-21/h2-8,11-12,28H,9-10,13H2,1H3. The van der Waals surface area contributed by atoms with E-state index in [4.69, 9.17) is 0 Å². The molecule has 1 aliphatic heterocycles. The fraction of sp³-hybridized carbons (Fsp3) is 0.217. The van der Waals surface area contributed by atoms with Gasteiger partial charge in [-0.1, -0.05) is 24.3 Å². The number of para-hydroxylation sites is 1. The van der Waals surface area contributed by atoms with Crippen molar-refractivity contribution in [1.82, 2.24) is 19.7 Å². The maximum atomic E-state index is 13.2. The van der Waals surface area contributed by atoms with E-state index in [0.717, 1.165) is 40.7 Å². The van der Waals surface area contributed by atoms with Crippen LogP contribution in [0.2, 0.25) is 0 Å². The third-order valence-electron chi connectivity index (χ3n) is 5.83. The highest BCUT2D eigenvalue weighted by Crippen LogP contribution is 2.31. The minimum Gasteiger partial charge on any atom is -0.358 e. The molecule has 2 aromatic carbocycles. The molecule has 0 unspecified atom stereocenters. The molecule has 0 saturated heterocycles. The van der Waals surface area contributed by atoms with Gasteiger partial charge < -0.3 is 9.88 Å². The lowest BCUT2D eigenvalue weighted by Gasteiger charge is -2.27. The third-order valence-corrected chi connectivity index (χ3v) is 5.83. The predicted octanol–water partition coefficient (Wildman–Crippen LogP) is 4.88. The summed E-state index contributed by atoms with van der Waals surface area (Å²) in [4.78, 5) is 18.4. The highest BCUT2D eigenvalue weighted by Gasteiger charge is 2.31. The van der Waals surface area contributed by atoms with Crippen LogP contribution in [0.5, 0.6) is 0 Å². The fourth-order valence-electron chi connectivity index (χ4n) is 4.20. The Hall–Kier alpha value is -3.55. The van der Waals surface area contributed by atoms with Crippen molar-refractivity contribution < 1.29 is 18.0 Å². The van der Waals surface area contributed by atoms with Crippen LogP contribution in [-0.4, -0.2) is 32.1 Å². The number of rotatable bonds is 2. The van der Waals surface area contributed by atoms with Gasteiger partial charge in [-0.15, -0.1) is 0 Å². The molecule has 8 heteroatoms. The number of halogens is 3. The van der Waals surface area contributed by atoms with E-state index >= 15 is 0 Å². The summed E-state index contributed by atoms with van der Waals surface area (Å²) in [5.41, 5.74) is 3.71. The van der Waals surface area contributed by atoms with Crippen LogP contribution in [-0.2, 0) is 19.1 Å². The SMILES string of the molecule is Cc1c(C(=O)N2CCc3[nH]c4ccccc4c3C2)cnn1-c1cccc(C(F)(F)F)c1. The molecular formula is C23H19F3N4O. The van der Waals surface area contributed by atoms with Crippen LogP contribution >= 0.6 is 0 Å². The predicted molar refractivity (Wildman–Crippen MR) is 110 cm³/mol. The number of amides is 1. The normalized spacial score (nSPS) is 14.1. The number of carbonyl (C=O) groups is 1. The van der Waals surface area contributed by atoms with Crippen molar-refractivity contribution in [2.45, 2.75) is 26.1 Å². The Morgan fingerprint density at radius 2 is 1.94 bits per heavy atom. The molecule has 0 fully saturated rings. The van der Waals surface area contributed by atoms with E-state index in [1.165, 1.54) is 16.9 Å². The molecule has 158 valence electrons. The molecule has 3 heterocycles. The zero-order valence-electron chi connectivity index (χ0n) is 16.7. The van der Waals surface area contributed by atoms with Crippen LogP contribution in [0.1, 0.15) is 32.9 Å². The van der Waals surface area contributed by atoms with Crippen LogP contribution in [0.15, 0.2) is 54.7 Å². The molecule has 0 atom stereocenters. The Labute approximate surface area is 176 Å². The molecule has 31 heavy (non-hydrogen) atoms. The van der Waals surface area contributed by atoms with Crippen molar-refractivity contribution in [2.75, 3.05) is 6.54 Å². The van der Waals surface area contributed by atoms with Gasteiger partial charge in [-0.2, -0.15) is 18.3 Å². The Bertz CT molecular complexity index is 1300. The van der Waals surface area contributed by atoms with Crippen LogP contribution < -0.4 is 0 Å². The molecule has 1 amide bonds. The first-order valence-electron chi connectivity index (χ1n) is 9.93. The topological polar surface area (TPSA) is 53.9 Å². The summed E-state index contributed by atoms with van der Waals surface area (Å²) in [5.74, 6) is -0.174. The van der Waals surface area contributed by atoms with Gasteiger partial charge in [0.15, 0.2) is 0 Å². The molecule has 0 radical (unpaired) electrons. The van der Waals surface area contributed by atoms with E-state index in [9.17, 15) is 18.0 Å². The second-order valence-corrected chi connectivity index (χ2v) is 7.71. The van der Waals surface area contributed by atoms with E-state index in [1.54, 1.807) is 17.9 Å². The van der Waals surface area contributed by atoms with Crippen molar-refractivity contribution in [3.63, 3.8) is 0 Å². The van der Waals surface area contributed by atoms with Gasteiger partial charge in [0.2, 0.25) is 0 Å². The van der Waals surface area contributed by atoms with Crippen LogP contribution in [0.25, 0.3) is 16.6 Å². The number of nitrogens with zero attached hydrogens (tertiary/aromatic N) is 3. The largest absolute Gasteiger partial charge is 0.416 e. The zero-order chi connectivity index (χ0) is 21.8. The van der Waals surface area contributed by atoms with Crippen LogP contribution in [0.4, 0.5) is 13.2 Å². The van der Waals surface area contributed by atoms with Gasteiger partial charge in [-0.25, -0.2) is 4.68 Å². The summed E-state index contributed by atoms with van der Waals surface area (Å²) < 4.78 is 40.6. The van der Waals surface area contributed by atoms with Gasteiger partial charge in [0, 0.05) is 41.7 Å². The summed E-state index contributed by atoms with van der Waals surface area (Å²) in [6.07, 6.45) is -2.29. The second kappa shape index (κ2) is 7.01. The van der Waals surface area contributed by atoms with Gasteiger partial charge >= 0.3 is 6.18 Å². The first kappa shape index (κ1) is 19.4. The van der Waals surface area contributed by atoms with Crippen molar-refractivity contribution in [1.29, 1.82) is 0 Å². The van der Waals surface area contributed by atoms with Gasteiger partial charge in [0.05, 0.1) is 28.7 Å². The summed E-state index contributed by atoms with van der Waals surface area (Å²) in [6, 6.07) is 12.9. The van der Waals surface area contributed by atoms with E-state index in [2.05, 4.69) is 10.1 Å². The maximum Gasteiger partial charge on any atom is 0.416 e. The van der Waals surface area contributed by atoms with Crippen molar-refractivity contribution in [2.24, 2.45) is 0 Å². The third kappa shape index (κ3) is 3.28. The summed E-state index contributed by atoms with van der Waals surface area (Å²) in [6.45, 7) is 2.74. The van der Waals surface area contributed by atoms with Gasteiger partial charge in [0.25, 0.3) is 5.91 Å². The number of aromatic nitrogens is 3. The minimum absolute atomic E-state index is 0.174. The van der Waals surface area contributed by atoms with Crippen molar-refractivity contribution in [3.05, 3.63) is 82.8 Å². The molecule has 1 N–H and O–H groups in total. The highest BCUT2D eigenvalue weighted by molar-refractivity contribution is 5.96. The Balaban J connectivity index is 1.45. The number of H-pyrrole nitrogens is 1. The Morgan fingerprint density at radius 3 is 2.74 bits per heavy atom. The molecule has 2 aromatic heterocycles. The molecule has 1 aliphatic rings. The van der Waals surface area contributed by atoms with E-state index in [0.29, 0.717) is 24.3 Å². The summed E-state index contributed by atoms with van der Waals surface area (Å²) >= 11 is 0. The average molecular weight is 424 g/mol. The second-order valence-electron chi connectivity index (χ2n) is 7.71. The van der Waals surface area contributed by atoms with Gasteiger partial charge in [0.1, 0.15) is 0 Å². The molecule has 4 aromatic rings. The number of aromatic amines is 1. The minimum atomic E-state index is -4.44. The lowest BCUT2D eigenvalue weighted by atomic mass is 10.0. The fourth-order valence-corrected chi connectivity index (χ4v) is 4.20. The zero-order valence-corrected chi connectivity index (χ0v) is 16.7. The quantitative estimate of drug-likeness (QED) is 0.499. The van der Waals surface area contributed by atoms with E-state index < -0.39 is 11.7 Å². The number of hydrogen-bond donors (Lipinski definition) is 1. The first-order chi connectivity index (χ1) is 14.8. The molecule has 5 nitrogen and oxygen atoms in total. The summed E-state index contributed by atoms with van der Waals surface area (Å²) in [5, 5.41) is 5.31. The van der Waals surface area contributed by atoms with Gasteiger partial charge in [-0.3, -0.25) is 4.79 Å². The van der Waals surface area contributed by atoms with Crippen LogP contribution in [0, 0.1) is 6.92 Å². The summed E-state index contributed by atoms with van der Waals surface area (Å²) in [7, 11) is 0. The molecule has 0 bridgehead atoms. The molecule has 5 rings (SSSR count). The first-order valence-corrected chi connectivity index (χ1v) is 9.93. The molecular weight excluding hydrogens is 405 g/mol. The smallest absolute Gasteiger partial charge is 0.358 e. The lowest BCUT2D eigenvalue weighted by molar-refractivity contribution is -0.137.